The molecule has 16 heavy (non-hydrogen) atoms. The highest BCUT2D eigenvalue weighted by atomic mass is 19.4. The molecule has 0 aliphatic heterocycles. The maximum Gasteiger partial charge on any atom is 0.393 e. The number of halogens is 4. The van der Waals surface area contributed by atoms with Crippen molar-refractivity contribution < 1.29 is 22.4 Å². The van der Waals surface area contributed by atoms with Gasteiger partial charge in [-0.25, -0.2) is 4.39 Å². The van der Waals surface area contributed by atoms with Crippen molar-refractivity contribution in [2.24, 2.45) is 0 Å². The van der Waals surface area contributed by atoms with Crippen LogP contribution in [0.4, 0.5) is 17.6 Å². The Morgan fingerprint density at radius 1 is 1.31 bits per heavy atom. The van der Waals surface area contributed by atoms with Gasteiger partial charge in [-0.15, -0.1) is 0 Å². The molecule has 5 heteroatoms. The SMILES string of the molecule is CCC(=O)c1ccc(CC(F)(F)F)c(F)c1. The predicted molar refractivity (Wildman–Crippen MR) is 50.8 cm³/mol. The third-order valence-electron chi connectivity index (χ3n) is 2.09. The lowest BCUT2D eigenvalue weighted by atomic mass is 10.0. The highest BCUT2D eigenvalue weighted by molar-refractivity contribution is 5.95. The number of Topliss-reactive ketones (excluding diaryl/α,β-unsaturated/α-hetero) is 1. The first-order valence-electron chi connectivity index (χ1n) is 4.72. The molecule has 0 unspecified atom stereocenters. The Kier molecular flexibility index (Phi) is 3.67. The van der Waals surface area contributed by atoms with Gasteiger partial charge in [-0.05, 0) is 11.6 Å². The molecule has 1 aromatic carbocycles. The van der Waals surface area contributed by atoms with Crippen LogP contribution in [0.2, 0.25) is 0 Å². The first-order chi connectivity index (χ1) is 7.33. The van der Waals surface area contributed by atoms with E-state index in [0.717, 1.165) is 12.1 Å². The van der Waals surface area contributed by atoms with Crippen LogP contribution in [0.25, 0.3) is 0 Å². The summed E-state index contributed by atoms with van der Waals surface area (Å²) in [7, 11) is 0. The van der Waals surface area contributed by atoms with Crippen LogP contribution in [0, 0.1) is 5.82 Å². The topological polar surface area (TPSA) is 17.1 Å². The van der Waals surface area contributed by atoms with Crippen LogP contribution in [0.3, 0.4) is 0 Å². The zero-order chi connectivity index (χ0) is 12.3. The molecule has 0 aliphatic carbocycles. The van der Waals surface area contributed by atoms with Crippen LogP contribution < -0.4 is 0 Å². The Labute approximate surface area is 90.1 Å². The number of hydrogen-bond donors (Lipinski definition) is 0. The molecule has 88 valence electrons. The maximum atomic E-state index is 13.2. The Morgan fingerprint density at radius 3 is 2.38 bits per heavy atom. The van der Waals surface area contributed by atoms with Crippen molar-refractivity contribution in [3.8, 4) is 0 Å². The van der Waals surface area contributed by atoms with Gasteiger partial charge in [0.15, 0.2) is 5.78 Å². The van der Waals surface area contributed by atoms with Crippen molar-refractivity contribution in [2.75, 3.05) is 0 Å². The molecular weight excluding hydrogens is 224 g/mol. The van der Waals surface area contributed by atoms with Crippen molar-refractivity contribution in [1.29, 1.82) is 0 Å². The first-order valence-corrected chi connectivity index (χ1v) is 4.72. The number of carbonyl (C=O) groups excluding carboxylic acids is 1. The van der Waals surface area contributed by atoms with Gasteiger partial charge in [0.2, 0.25) is 0 Å². The maximum absolute atomic E-state index is 13.2. The van der Waals surface area contributed by atoms with Crippen molar-refractivity contribution >= 4 is 5.78 Å². The third-order valence-corrected chi connectivity index (χ3v) is 2.09. The zero-order valence-corrected chi connectivity index (χ0v) is 8.57. The van der Waals surface area contributed by atoms with E-state index in [1.165, 1.54) is 6.07 Å². The van der Waals surface area contributed by atoms with E-state index in [2.05, 4.69) is 0 Å². The lowest BCUT2D eigenvalue weighted by Crippen LogP contribution is -2.13. The van der Waals surface area contributed by atoms with Crippen LogP contribution in [0.1, 0.15) is 29.3 Å². The van der Waals surface area contributed by atoms with Gasteiger partial charge in [0.1, 0.15) is 5.82 Å². The van der Waals surface area contributed by atoms with Crippen molar-refractivity contribution in [3.05, 3.63) is 35.1 Å². The molecule has 0 aromatic heterocycles. The van der Waals surface area contributed by atoms with Crippen LogP contribution in [0.5, 0.6) is 0 Å². The summed E-state index contributed by atoms with van der Waals surface area (Å²) in [5.41, 5.74) is -0.342. The minimum atomic E-state index is -4.45. The number of benzene rings is 1. The minimum Gasteiger partial charge on any atom is -0.294 e. The number of carbonyl (C=O) groups is 1. The largest absolute Gasteiger partial charge is 0.393 e. The summed E-state index contributed by atoms with van der Waals surface area (Å²) in [6.45, 7) is 1.60. The standard InChI is InChI=1S/C11H10F4O/c1-2-10(16)7-3-4-8(9(12)5-7)6-11(13,14)15/h3-5H,2,6H2,1H3. The number of rotatable bonds is 3. The van der Waals surface area contributed by atoms with E-state index in [4.69, 9.17) is 0 Å². The summed E-state index contributed by atoms with van der Waals surface area (Å²) < 4.78 is 49.3. The monoisotopic (exact) mass is 234 g/mol. The molecule has 1 nitrogen and oxygen atoms in total. The van der Waals surface area contributed by atoms with E-state index < -0.39 is 24.0 Å². The predicted octanol–water partition coefficient (Wildman–Crippen LogP) is 3.52. The first kappa shape index (κ1) is 12.7. The number of hydrogen-bond acceptors (Lipinski definition) is 1. The second-order valence-corrected chi connectivity index (χ2v) is 3.37. The van der Waals surface area contributed by atoms with Gasteiger partial charge >= 0.3 is 6.18 Å². The molecule has 0 aliphatic rings. The van der Waals surface area contributed by atoms with Gasteiger partial charge in [-0.2, -0.15) is 13.2 Å². The molecule has 0 amide bonds. The van der Waals surface area contributed by atoms with Crippen LogP contribution in [-0.4, -0.2) is 12.0 Å². The van der Waals surface area contributed by atoms with E-state index >= 15 is 0 Å². The molecule has 0 spiro atoms. The Bertz CT molecular complexity index is 395. The normalized spacial score (nSPS) is 11.6. The van der Waals surface area contributed by atoms with E-state index in [1.807, 2.05) is 0 Å². The van der Waals surface area contributed by atoms with E-state index in [-0.39, 0.29) is 17.8 Å². The Balaban J connectivity index is 2.96. The van der Waals surface area contributed by atoms with Crippen LogP contribution in [0.15, 0.2) is 18.2 Å². The zero-order valence-electron chi connectivity index (χ0n) is 8.57. The number of alkyl halides is 3. The fourth-order valence-electron chi connectivity index (χ4n) is 1.28. The van der Waals surface area contributed by atoms with Crippen molar-refractivity contribution in [1.82, 2.24) is 0 Å². The molecule has 0 saturated carbocycles. The summed E-state index contributed by atoms with van der Waals surface area (Å²) in [6.07, 6.45) is -5.57. The highest BCUT2D eigenvalue weighted by Gasteiger charge is 2.29. The van der Waals surface area contributed by atoms with E-state index in [9.17, 15) is 22.4 Å². The average Bonchev–Trinajstić information content (AvgIpc) is 2.18. The van der Waals surface area contributed by atoms with Gasteiger partial charge in [-0.1, -0.05) is 19.1 Å². The quantitative estimate of drug-likeness (QED) is 0.577. The van der Waals surface area contributed by atoms with Gasteiger partial charge < -0.3 is 0 Å². The minimum absolute atomic E-state index is 0.103. The summed E-state index contributed by atoms with van der Waals surface area (Å²) >= 11 is 0. The molecule has 1 rings (SSSR count). The van der Waals surface area contributed by atoms with Gasteiger partial charge in [0, 0.05) is 12.0 Å². The molecule has 1 aromatic rings. The Morgan fingerprint density at radius 2 is 1.94 bits per heavy atom. The second kappa shape index (κ2) is 4.63. The average molecular weight is 234 g/mol. The molecule has 0 N–H and O–H groups in total. The molecule has 0 bridgehead atoms. The summed E-state index contributed by atoms with van der Waals surface area (Å²) in [6, 6.07) is 3.08. The van der Waals surface area contributed by atoms with Crippen LogP contribution >= 0.6 is 0 Å². The summed E-state index contributed by atoms with van der Waals surface area (Å²) in [5.74, 6) is -1.28. The molecule has 0 atom stereocenters. The number of ketones is 1. The molecule has 0 radical (unpaired) electrons. The van der Waals surface area contributed by atoms with Crippen molar-refractivity contribution in [3.63, 3.8) is 0 Å². The second-order valence-electron chi connectivity index (χ2n) is 3.37. The van der Waals surface area contributed by atoms with E-state index in [1.54, 1.807) is 6.92 Å². The highest BCUT2D eigenvalue weighted by Crippen LogP contribution is 2.23. The van der Waals surface area contributed by atoms with Gasteiger partial charge in [0.25, 0.3) is 0 Å². The summed E-state index contributed by atoms with van der Waals surface area (Å²) in [5, 5.41) is 0. The fraction of sp³-hybridized carbons (Fsp3) is 0.364. The van der Waals surface area contributed by atoms with Crippen molar-refractivity contribution in [2.45, 2.75) is 25.9 Å². The van der Waals surface area contributed by atoms with Gasteiger partial charge in [0.05, 0.1) is 6.42 Å². The van der Waals surface area contributed by atoms with E-state index in [0.29, 0.717) is 0 Å². The smallest absolute Gasteiger partial charge is 0.294 e. The molecule has 0 saturated heterocycles. The third kappa shape index (κ3) is 3.32. The Hall–Kier alpha value is -1.39. The molecule has 0 fully saturated rings. The fourth-order valence-corrected chi connectivity index (χ4v) is 1.28. The lowest BCUT2D eigenvalue weighted by molar-refractivity contribution is -0.127. The van der Waals surface area contributed by atoms with Crippen LogP contribution in [-0.2, 0) is 6.42 Å². The summed E-state index contributed by atoms with van der Waals surface area (Å²) in [4.78, 5) is 11.2. The molecule has 0 heterocycles. The molecular formula is C11H10F4O. The van der Waals surface area contributed by atoms with Gasteiger partial charge in [-0.3, -0.25) is 4.79 Å². The lowest BCUT2D eigenvalue weighted by Gasteiger charge is -2.08.